The Hall–Kier alpha value is -3.02. The van der Waals surface area contributed by atoms with Crippen LogP contribution in [0.2, 0.25) is 0 Å². The smallest absolute Gasteiger partial charge is 0.302 e. The van der Waals surface area contributed by atoms with Gasteiger partial charge in [0.1, 0.15) is 0 Å². The minimum Gasteiger partial charge on any atom is -0.448 e. The normalized spacial score (nSPS) is 17.9. The topological polar surface area (TPSA) is 108 Å². The van der Waals surface area contributed by atoms with Gasteiger partial charge in [-0.2, -0.15) is 9.97 Å². The highest BCUT2D eigenvalue weighted by Crippen LogP contribution is 2.39. The van der Waals surface area contributed by atoms with Crippen LogP contribution in [0.15, 0.2) is 4.79 Å². The monoisotopic (exact) mass is 384 g/mol. The molecule has 1 aliphatic carbocycles. The van der Waals surface area contributed by atoms with Gasteiger partial charge in [-0.3, -0.25) is 18.7 Å². The van der Waals surface area contributed by atoms with Crippen molar-refractivity contribution >= 4 is 23.0 Å². The van der Waals surface area contributed by atoms with Crippen molar-refractivity contribution in [3.05, 3.63) is 10.4 Å². The van der Waals surface area contributed by atoms with Crippen molar-refractivity contribution in [3.63, 3.8) is 0 Å². The summed E-state index contributed by atoms with van der Waals surface area (Å²) in [6.07, 6.45) is 4.41. The first-order chi connectivity index (χ1) is 13.5. The molecule has 1 saturated carbocycles. The molecule has 0 atom stereocenters. The number of hydrogen-bond donors (Lipinski definition) is 1. The maximum Gasteiger partial charge on any atom is 0.302 e. The zero-order chi connectivity index (χ0) is 19.9. The highest BCUT2D eigenvalue weighted by molar-refractivity contribution is 5.87. The largest absolute Gasteiger partial charge is 0.448 e. The van der Waals surface area contributed by atoms with E-state index in [4.69, 9.17) is 10.5 Å². The molecule has 0 radical (unpaired) electrons. The van der Waals surface area contributed by atoms with Crippen LogP contribution in [0, 0.1) is 11.8 Å². The van der Waals surface area contributed by atoms with Gasteiger partial charge in [-0.05, 0) is 26.2 Å². The Morgan fingerprint density at radius 2 is 1.96 bits per heavy atom. The lowest BCUT2D eigenvalue weighted by Gasteiger charge is -2.27. The third-order valence-corrected chi connectivity index (χ3v) is 5.42. The van der Waals surface area contributed by atoms with E-state index < -0.39 is 11.5 Å². The minimum atomic E-state index is -1.06. The summed E-state index contributed by atoms with van der Waals surface area (Å²) in [6, 6.07) is 0.0604. The number of amides is 1. The van der Waals surface area contributed by atoms with E-state index >= 15 is 0 Å². The maximum atomic E-state index is 13.1. The average molecular weight is 384 g/mol. The second-order valence-electron chi connectivity index (χ2n) is 7.36. The summed E-state index contributed by atoms with van der Waals surface area (Å²) in [5, 5.41) is 0. The second kappa shape index (κ2) is 6.86. The summed E-state index contributed by atoms with van der Waals surface area (Å²) < 4.78 is 8.90. The molecule has 4 rings (SSSR count). The van der Waals surface area contributed by atoms with Crippen molar-refractivity contribution in [1.29, 1.82) is 0 Å². The van der Waals surface area contributed by atoms with E-state index in [0.717, 1.165) is 25.9 Å². The number of hydrogen-bond acceptors (Lipinski definition) is 6. The molecule has 0 aromatic carbocycles. The molecule has 28 heavy (non-hydrogen) atoms. The lowest BCUT2D eigenvalue weighted by Crippen LogP contribution is -2.38. The molecule has 2 fully saturated rings. The van der Waals surface area contributed by atoms with E-state index in [-0.39, 0.29) is 11.6 Å². The third kappa shape index (κ3) is 2.99. The number of rotatable bonds is 5. The molecule has 1 amide bonds. The summed E-state index contributed by atoms with van der Waals surface area (Å²) in [5.41, 5.74) is 4.79. The van der Waals surface area contributed by atoms with E-state index in [2.05, 4.69) is 26.7 Å². The Kier molecular flexibility index (Phi) is 4.49. The Bertz CT molecular complexity index is 1050. The molecule has 1 saturated heterocycles. The van der Waals surface area contributed by atoms with Crippen LogP contribution >= 0.6 is 0 Å². The van der Waals surface area contributed by atoms with Gasteiger partial charge in [-0.1, -0.05) is 5.92 Å². The highest BCUT2D eigenvalue weighted by Gasteiger charge is 2.52. The number of primary amides is 1. The summed E-state index contributed by atoms with van der Waals surface area (Å²) in [6.45, 7) is 3.90. The van der Waals surface area contributed by atoms with E-state index in [0.29, 0.717) is 36.5 Å². The van der Waals surface area contributed by atoms with Crippen LogP contribution in [-0.2, 0) is 18.4 Å². The SMILES string of the molecule is CC#CCn1c(N2CCCCC2)nc2nc(OC3(C(N)=O)CC3)n(C)c(=O)c21. The summed E-state index contributed by atoms with van der Waals surface area (Å²) in [4.78, 5) is 36.1. The van der Waals surface area contributed by atoms with E-state index in [9.17, 15) is 9.59 Å². The molecule has 9 heteroatoms. The van der Waals surface area contributed by atoms with Crippen LogP contribution in [0.5, 0.6) is 6.01 Å². The molecule has 0 bridgehead atoms. The molecule has 9 nitrogen and oxygen atoms in total. The Balaban J connectivity index is 1.84. The molecule has 2 N–H and O–H groups in total. The fourth-order valence-electron chi connectivity index (χ4n) is 3.55. The van der Waals surface area contributed by atoms with Crippen LogP contribution in [-0.4, -0.2) is 43.7 Å². The standard InChI is InChI=1S/C19H24N6O3/c1-3-4-12-25-13-14(21-17(25)24-10-6-5-7-11-24)22-18(23(2)15(13)26)28-19(8-9-19)16(20)27/h5-12H2,1-2H3,(H2,20,27). The summed E-state index contributed by atoms with van der Waals surface area (Å²) in [5.74, 6) is 6.06. The number of nitrogens with two attached hydrogens (primary N) is 1. The number of piperidine rings is 1. The van der Waals surface area contributed by atoms with Gasteiger partial charge in [-0.15, -0.1) is 5.92 Å². The van der Waals surface area contributed by atoms with E-state index in [1.807, 2.05) is 4.57 Å². The van der Waals surface area contributed by atoms with E-state index in [1.54, 1.807) is 14.0 Å². The number of fused-ring (bicyclic) bond motifs is 1. The Labute approximate surface area is 162 Å². The molecule has 0 spiro atoms. The van der Waals surface area contributed by atoms with Gasteiger partial charge in [0, 0.05) is 33.0 Å². The third-order valence-electron chi connectivity index (χ3n) is 5.42. The summed E-state index contributed by atoms with van der Waals surface area (Å²) in [7, 11) is 1.57. The molecule has 2 aromatic rings. The van der Waals surface area contributed by atoms with Crippen molar-refractivity contribution in [2.24, 2.45) is 12.8 Å². The Morgan fingerprint density at radius 3 is 2.57 bits per heavy atom. The number of ether oxygens (including phenoxy) is 1. The molecule has 0 unspecified atom stereocenters. The first-order valence-electron chi connectivity index (χ1n) is 9.57. The van der Waals surface area contributed by atoms with Crippen molar-refractivity contribution in [2.75, 3.05) is 18.0 Å². The molecule has 148 valence electrons. The van der Waals surface area contributed by atoms with Gasteiger partial charge in [0.25, 0.3) is 11.5 Å². The number of carbonyl (C=O) groups is 1. The van der Waals surface area contributed by atoms with Gasteiger partial charge < -0.3 is 15.4 Å². The fourth-order valence-corrected chi connectivity index (χ4v) is 3.55. The van der Waals surface area contributed by atoms with Crippen LogP contribution in [0.25, 0.3) is 11.2 Å². The van der Waals surface area contributed by atoms with Gasteiger partial charge in [-0.25, -0.2) is 0 Å². The molecule has 1 aliphatic heterocycles. The number of imidazole rings is 1. The maximum absolute atomic E-state index is 13.1. The highest BCUT2D eigenvalue weighted by atomic mass is 16.5. The Morgan fingerprint density at radius 1 is 1.25 bits per heavy atom. The van der Waals surface area contributed by atoms with Gasteiger partial charge in [0.2, 0.25) is 5.95 Å². The lowest BCUT2D eigenvalue weighted by atomic mass is 10.1. The number of aromatic nitrogens is 4. The van der Waals surface area contributed by atoms with Crippen LogP contribution in [0.3, 0.4) is 0 Å². The molecule has 2 aromatic heterocycles. The average Bonchev–Trinajstić information content (AvgIpc) is 3.39. The quantitative estimate of drug-likeness (QED) is 0.754. The van der Waals surface area contributed by atoms with Crippen LogP contribution in [0.4, 0.5) is 5.95 Å². The van der Waals surface area contributed by atoms with Crippen LogP contribution in [0.1, 0.15) is 39.0 Å². The first-order valence-corrected chi connectivity index (χ1v) is 9.57. The fraction of sp³-hybridized carbons (Fsp3) is 0.579. The molecular weight excluding hydrogens is 360 g/mol. The lowest BCUT2D eigenvalue weighted by molar-refractivity contribution is -0.126. The predicted octanol–water partition coefficient (Wildman–Crippen LogP) is 0.540. The van der Waals surface area contributed by atoms with Crippen molar-refractivity contribution in [1.82, 2.24) is 19.1 Å². The number of nitrogens with zero attached hydrogens (tertiary/aromatic N) is 5. The second-order valence-corrected chi connectivity index (χ2v) is 7.36. The minimum absolute atomic E-state index is 0.0604. The van der Waals surface area contributed by atoms with Crippen molar-refractivity contribution in [3.8, 4) is 17.9 Å². The molecular formula is C19H24N6O3. The van der Waals surface area contributed by atoms with E-state index in [1.165, 1.54) is 11.0 Å². The van der Waals surface area contributed by atoms with Gasteiger partial charge in [0.15, 0.2) is 16.8 Å². The van der Waals surface area contributed by atoms with Crippen molar-refractivity contribution in [2.45, 2.75) is 51.2 Å². The molecule has 2 aliphatic rings. The number of anilines is 1. The first kappa shape index (κ1) is 18.3. The zero-order valence-electron chi connectivity index (χ0n) is 16.2. The zero-order valence-corrected chi connectivity index (χ0v) is 16.2. The molecule has 3 heterocycles. The number of carbonyl (C=O) groups excluding carboxylic acids is 1. The van der Waals surface area contributed by atoms with Gasteiger partial charge in [0.05, 0.1) is 6.54 Å². The van der Waals surface area contributed by atoms with Gasteiger partial charge >= 0.3 is 6.01 Å². The predicted molar refractivity (Wildman–Crippen MR) is 104 cm³/mol. The summed E-state index contributed by atoms with van der Waals surface area (Å²) >= 11 is 0. The van der Waals surface area contributed by atoms with Crippen LogP contribution < -0.4 is 20.9 Å². The van der Waals surface area contributed by atoms with Crippen molar-refractivity contribution < 1.29 is 9.53 Å².